The zero-order chi connectivity index (χ0) is 16.9. The molecule has 1 aliphatic carbocycles. The fraction of sp³-hybridized carbons (Fsp3) is 0.933. The quantitative estimate of drug-likeness (QED) is 0.230. The van der Waals surface area contributed by atoms with Crippen LogP contribution in [0.25, 0.3) is 0 Å². The normalized spacial score (nSPS) is 25.4. The van der Waals surface area contributed by atoms with Crippen molar-refractivity contribution in [1.82, 2.24) is 15.5 Å². The Morgan fingerprint density at radius 3 is 2.62 bits per heavy atom. The number of nitrogens with one attached hydrogen (secondary N) is 2. The van der Waals surface area contributed by atoms with E-state index in [2.05, 4.69) is 27.4 Å². The second-order valence-electron chi connectivity index (χ2n) is 6.60. The number of rotatable bonds is 8. The van der Waals surface area contributed by atoms with Crippen LogP contribution in [0.15, 0.2) is 4.99 Å². The maximum absolute atomic E-state index is 11.0. The molecule has 2 unspecified atom stereocenters. The SMILES string of the molecule is CN=C(NCCOCCS(C)(=O)=O)NC1CC(C)N(C2CC2)C1.I. The predicted octanol–water partition coefficient (Wildman–Crippen LogP) is 0.456. The number of hydrogen-bond donors (Lipinski definition) is 2. The Kier molecular flexibility index (Phi) is 9.24. The van der Waals surface area contributed by atoms with Gasteiger partial charge in [0.05, 0.1) is 19.0 Å². The van der Waals surface area contributed by atoms with Crippen LogP contribution in [-0.2, 0) is 14.6 Å². The van der Waals surface area contributed by atoms with Crippen LogP contribution >= 0.6 is 24.0 Å². The highest BCUT2D eigenvalue weighted by atomic mass is 127. The molecule has 0 aromatic heterocycles. The zero-order valence-corrected chi connectivity index (χ0v) is 18.0. The van der Waals surface area contributed by atoms with E-state index in [0.717, 1.165) is 25.0 Å². The summed E-state index contributed by atoms with van der Waals surface area (Å²) >= 11 is 0. The Morgan fingerprint density at radius 1 is 1.33 bits per heavy atom. The number of nitrogens with zero attached hydrogens (tertiary/aromatic N) is 2. The van der Waals surface area contributed by atoms with Crippen LogP contribution in [0.4, 0.5) is 0 Å². The van der Waals surface area contributed by atoms with Gasteiger partial charge < -0.3 is 15.4 Å². The van der Waals surface area contributed by atoms with Crippen molar-refractivity contribution in [3.8, 4) is 0 Å². The van der Waals surface area contributed by atoms with Gasteiger partial charge in [-0.15, -0.1) is 24.0 Å². The van der Waals surface area contributed by atoms with E-state index in [0.29, 0.717) is 25.2 Å². The number of ether oxygens (including phenoxy) is 1. The summed E-state index contributed by atoms with van der Waals surface area (Å²) in [5.41, 5.74) is 0. The van der Waals surface area contributed by atoms with Crippen LogP contribution in [0.5, 0.6) is 0 Å². The van der Waals surface area contributed by atoms with Crippen LogP contribution in [-0.4, -0.2) is 82.8 Å². The van der Waals surface area contributed by atoms with Gasteiger partial charge in [-0.1, -0.05) is 0 Å². The van der Waals surface area contributed by atoms with Crippen molar-refractivity contribution < 1.29 is 13.2 Å². The maximum Gasteiger partial charge on any atom is 0.191 e. The van der Waals surface area contributed by atoms with E-state index in [1.807, 2.05) is 0 Å². The largest absolute Gasteiger partial charge is 0.379 e. The summed E-state index contributed by atoms with van der Waals surface area (Å²) in [4.78, 5) is 6.84. The molecule has 1 saturated heterocycles. The van der Waals surface area contributed by atoms with Gasteiger partial charge in [-0.05, 0) is 26.2 Å². The molecule has 9 heteroatoms. The van der Waals surface area contributed by atoms with Gasteiger partial charge in [0.15, 0.2) is 5.96 Å². The van der Waals surface area contributed by atoms with Crippen molar-refractivity contribution in [2.45, 2.75) is 44.3 Å². The molecule has 2 fully saturated rings. The first kappa shape index (κ1) is 21.9. The second kappa shape index (κ2) is 10.1. The first-order valence-electron chi connectivity index (χ1n) is 8.37. The average Bonchev–Trinajstić information content (AvgIpc) is 3.24. The fourth-order valence-corrected chi connectivity index (χ4v) is 3.44. The summed E-state index contributed by atoms with van der Waals surface area (Å²) in [6.07, 6.45) is 5.04. The van der Waals surface area contributed by atoms with Gasteiger partial charge >= 0.3 is 0 Å². The summed E-state index contributed by atoms with van der Waals surface area (Å²) in [5.74, 6) is 0.850. The van der Waals surface area contributed by atoms with E-state index >= 15 is 0 Å². The number of sulfone groups is 1. The number of hydrogen-bond acceptors (Lipinski definition) is 5. The Hall–Kier alpha value is -0.130. The summed E-state index contributed by atoms with van der Waals surface area (Å²) in [7, 11) is -1.19. The van der Waals surface area contributed by atoms with Crippen LogP contribution in [0, 0.1) is 0 Å². The van der Waals surface area contributed by atoms with E-state index in [4.69, 9.17) is 4.74 Å². The molecular weight excluding hydrogens is 443 g/mol. The molecule has 0 aromatic carbocycles. The third-order valence-electron chi connectivity index (χ3n) is 4.34. The van der Waals surface area contributed by atoms with E-state index in [1.54, 1.807) is 7.05 Å². The first-order chi connectivity index (χ1) is 10.9. The standard InChI is InChI=1S/C15H30N4O3S.HI/c1-12-10-13(11-19(12)14-4-5-14)18-15(16-2)17-6-7-22-8-9-23(3,20)21;/h12-14H,4-11H2,1-3H3,(H2,16,17,18);1H. The van der Waals surface area contributed by atoms with Gasteiger partial charge in [0.2, 0.25) is 0 Å². The molecule has 1 heterocycles. The molecular formula is C15H31IN4O3S. The van der Waals surface area contributed by atoms with Gasteiger partial charge in [0.1, 0.15) is 9.84 Å². The van der Waals surface area contributed by atoms with Crippen molar-refractivity contribution in [2.75, 3.05) is 45.4 Å². The van der Waals surface area contributed by atoms with Crippen LogP contribution in [0.3, 0.4) is 0 Å². The topological polar surface area (TPSA) is 83.0 Å². The third-order valence-corrected chi connectivity index (χ3v) is 5.25. The van der Waals surface area contributed by atoms with E-state index in [9.17, 15) is 8.42 Å². The summed E-state index contributed by atoms with van der Waals surface area (Å²) in [5, 5.41) is 6.68. The van der Waals surface area contributed by atoms with Crippen LogP contribution in [0.1, 0.15) is 26.2 Å². The molecule has 2 aliphatic rings. The lowest BCUT2D eigenvalue weighted by molar-refractivity contribution is 0.154. The highest BCUT2D eigenvalue weighted by molar-refractivity contribution is 14.0. The monoisotopic (exact) mass is 474 g/mol. The molecule has 0 aromatic rings. The van der Waals surface area contributed by atoms with Gasteiger partial charge in [0, 0.05) is 44.5 Å². The van der Waals surface area contributed by atoms with Crippen molar-refractivity contribution in [1.29, 1.82) is 0 Å². The minimum Gasteiger partial charge on any atom is -0.379 e. The molecule has 1 aliphatic heterocycles. The Morgan fingerprint density at radius 2 is 2.04 bits per heavy atom. The Bertz CT molecular complexity index is 511. The lowest BCUT2D eigenvalue weighted by atomic mass is 10.2. The Labute approximate surface area is 162 Å². The molecule has 0 bridgehead atoms. The molecule has 0 spiro atoms. The average molecular weight is 474 g/mol. The molecule has 2 N–H and O–H groups in total. The smallest absolute Gasteiger partial charge is 0.191 e. The van der Waals surface area contributed by atoms with E-state index in [1.165, 1.54) is 19.1 Å². The Balaban J connectivity index is 0.00000288. The van der Waals surface area contributed by atoms with Gasteiger partial charge in [-0.3, -0.25) is 9.89 Å². The molecule has 1 saturated carbocycles. The summed E-state index contributed by atoms with van der Waals surface area (Å²) in [6.45, 7) is 4.69. The maximum atomic E-state index is 11.0. The number of likely N-dealkylation sites (tertiary alicyclic amines) is 1. The highest BCUT2D eigenvalue weighted by Gasteiger charge is 2.38. The molecule has 0 amide bonds. The lowest BCUT2D eigenvalue weighted by Gasteiger charge is -2.20. The zero-order valence-electron chi connectivity index (χ0n) is 14.8. The van der Waals surface area contributed by atoms with Crippen molar-refractivity contribution in [2.24, 2.45) is 4.99 Å². The molecule has 142 valence electrons. The second-order valence-corrected chi connectivity index (χ2v) is 8.85. The minimum absolute atomic E-state index is 0. The highest BCUT2D eigenvalue weighted by Crippen LogP contribution is 2.33. The van der Waals surface area contributed by atoms with Gasteiger partial charge in [-0.25, -0.2) is 8.42 Å². The van der Waals surface area contributed by atoms with Crippen molar-refractivity contribution in [3.05, 3.63) is 0 Å². The van der Waals surface area contributed by atoms with Gasteiger partial charge in [-0.2, -0.15) is 0 Å². The van der Waals surface area contributed by atoms with Crippen LogP contribution in [0.2, 0.25) is 0 Å². The first-order valence-corrected chi connectivity index (χ1v) is 10.4. The lowest BCUT2D eigenvalue weighted by Crippen LogP contribution is -2.45. The molecule has 24 heavy (non-hydrogen) atoms. The van der Waals surface area contributed by atoms with E-state index in [-0.39, 0.29) is 36.3 Å². The fourth-order valence-electron chi connectivity index (χ4n) is 3.02. The van der Waals surface area contributed by atoms with Crippen molar-refractivity contribution >= 4 is 39.8 Å². The minimum atomic E-state index is -2.95. The molecule has 7 nitrogen and oxygen atoms in total. The van der Waals surface area contributed by atoms with Crippen molar-refractivity contribution in [3.63, 3.8) is 0 Å². The summed E-state index contributed by atoms with van der Waals surface area (Å²) in [6, 6.07) is 1.87. The number of guanidine groups is 1. The predicted molar refractivity (Wildman–Crippen MR) is 108 cm³/mol. The summed E-state index contributed by atoms with van der Waals surface area (Å²) < 4.78 is 27.3. The third kappa shape index (κ3) is 7.83. The molecule has 0 radical (unpaired) electrons. The number of aliphatic imine (C=N–C) groups is 1. The van der Waals surface area contributed by atoms with E-state index < -0.39 is 9.84 Å². The number of halogens is 1. The molecule has 2 rings (SSSR count). The van der Waals surface area contributed by atoms with Gasteiger partial charge in [0.25, 0.3) is 0 Å². The van der Waals surface area contributed by atoms with Crippen LogP contribution < -0.4 is 10.6 Å². The molecule has 2 atom stereocenters.